The summed E-state index contributed by atoms with van der Waals surface area (Å²) in [5.74, 6) is 3.29. The summed E-state index contributed by atoms with van der Waals surface area (Å²) in [6.07, 6.45) is 8.40. The molecule has 0 aliphatic rings. The second kappa shape index (κ2) is 7.61. The molecular formula is C11H20N2OS. The Morgan fingerprint density at radius 1 is 1.67 bits per heavy atom. The largest absolute Gasteiger partial charge is 0.341 e. The van der Waals surface area contributed by atoms with Crippen LogP contribution in [0.2, 0.25) is 0 Å². The minimum atomic E-state index is -0.559. The molecule has 0 heterocycles. The molecule has 0 saturated heterocycles. The Bertz CT molecular complexity index is 237. The molecule has 0 aliphatic carbocycles. The fourth-order valence-electron chi connectivity index (χ4n) is 1.35. The monoisotopic (exact) mass is 228 g/mol. The maximum Gasteiger partial charge on any atom is 0.240 e. The summed E-state index contributed by atoms with van der Waals surface area (Å²) in [6, 6.07) is -0.313. The van der Waals surface area contributed by atoms with Crippen LogP contribution in [0.25, 0.3) is 0 Å². The first-order valence-electron chi connectivity index (χ1n) is 5.03. The predicted octanol–water partition coefficient (Wildman–Crippen LogP) is 0.937. The van der Waals surface area contributed by atoms with Crippen molar-refractivity contribution in [2.75, 3.05) is 19.1 Å². The summed E-state index contributed by atoms with van der Waals surface area (Å²) in [7, 11) is 1.79. The fourth-order valence-corrected chi connectivity index (χ4v) is 2.20. The maximum absolute atomic E-state index is 11.8. The SMILES string of the molecule is C#CCC(N)C(=O)N(C)C(CC)CSC. The first-order chi connectivity index (χ1) is 7.08. The Labute approximate surface area is 96.8 Å². The van der Waals surface area contributed by atoms with Crippen LogP contribution in [0.15, 0.2) is 0 Å². The normalized spacial score (nSPS) is 14.1. The topological polar surface area (TPSA) is 46.3 Å². The van der Waals surface area contributed by atoms with Crippen molar-refractivity contribution in [3.63, 3.8) is 0 Å². The Morgan fingerprint density at radius 3 is 2.67 bits per heavy atom. The standard InChI is InChI=1S/C11H20N2OS/c1-5-7-10(12)11(14)13(3)9(6-2)8-15-4/h1,9-10H,6-8,12H2,2-4H3. The summed E-state index contributed by atoms with van der Waals surface area (Å²) in [5, 5.41) is 0. The highest BCUT2D eigenvalue weighted by atomic mass is 32.2. The molecule has 86 valence electrons. The lowest BCUT2D eigenvalue weighted by atomic mass is 10.1. The highest BCUT2D eigenvalue weighted by Gasteiger charge is 2.22. The van der Waals surface area contributed by atoms with Crippen molar-refractivity contribution >= 4 is 17.7 Å². The van der Waals surface area contributed by atoms with Crippen molar-refractivity contribution in [2.24, 2.45) is 5.73 Å². The molecule has 2 N–H and O–H groups in total. The molecule has 0 aromatic heterocycles. The maximum atomic E-state index is 11.8. The third-order valence-corrected chi connectivity index (χ3v) is 3.10. The number of nitrogens with zero attached hydrogens (tertiary/aromatic N) is 1. The highest BCUT2D eigenvalue weighted by Crippen LogP contribution is 2.09. The molecule has 4 heteroatoms. The van der Waals surface area contributed by atoms with E-state index in [2.05, 4.69) is 12.8 Å². The van der Waals surface area contributed by atoms with Gasteiger partial charge in [-0.25, -0.2) is 0 Å². The predicted molar refractivity (Wildman–Crippen MR) is 66.7 cm³/mol. The molecule has 0 fully saturated rings. The van der Waals surface area contributed by atoms with Gasteiger partial charge in [0.2, 0.25) is 5.91 Å². The molecule has 1 amide bonds. The van der Waals surface area contributed by atoms with E-state index in [-0.39, 0.29) is 11.9 Å². The van der Waals surface area contributed by atoms with E-state index < -0.39 is 6.04 Å². The molecule has 0 aromatic rings. The van der Waals surface area contributed by atoms with Gasteiger partial charge in [-0.05, 0) is 12.7 Å². The average Bonchev–Trinajstić information content (AvgIpc) is 2.24. The summed E-state index contributed by atoms with van der Waals surface area (Å²) in [5.41, 5.74) is 5.68. The molecular weight excluding hydrogens is 208 g/mol. The van der Waals surface area contributed by atoms with Gasteiger partial charge in [0.1, 0.15) is 0 Å². The Morgan fingerprint density at radius 2 is 2.27 bits per heavy atom. The number of nitrogens with two attached hydrogens (primary N) is 1. The van der Waals surface area contributed by atoms with Crippen molar-refractivity contribution < 1.29 is 4.79 Å². The van der Waals surface area contributed by atoms with E-state index in [1.54, 1.807) is 23.7 Å². The first-order valence-corrected chi connectivity index (χ1v) is 6.42. The van der Waals surface area contributed by atoms with Crippen molar-refractivity contribution in [2.45, 2.75) is 31.8 Å². The zero-order valence-electron chi connectivity index (χ0n) is 9.69. The fraction of sp³-hybridized carbons (Fsp3) is 0.727. The summed E-state index contributed by atoms with van der Waals surface area (Å²) >= 11 is 1.73. The van der Waals surface area contributed by atoms with Gasteiger partial charge in [-0.15, -0.1) is 12.3 Å². The first kappa shape index (κ1) is 14.3. The lowest BCUT2D eigenvalue weighted by molar-refractivity contribution is -0.132. The minimum Gasteiger partial charge on any atom is -0.341 e. The minimum absolute atomic E-state index is 0.0612. The Balaban J connectivity index is 4.34. The van der Waals surface area contributed by atoms with Gasteiger partial charge in [0.05, 0.1) is 6.04 Å². The second-order valence-corrected chi connectivity index (χ2v) is 4.39. The van der Waals surface area contributed by atoms with Crippen LogP contribution in [0.3, 0.4) is 0 Å². The Hall–Kier alpha value is -0.660. The quantitative estimate of drug-likeness (QED) is 0.688. The number of likely N-dealkylation sites (N-methyl/N-ethyl adjacent to an activating group) is 1. The van der Waals surface area contributed by atoms with Gasteiger partial charge in [-0.3, -0.25) is 4.79 Å². The van der Waals surface area contributed by atoms with E-state index in [4.69, 9.17) is 12.2 Å². The number of amides is 1. The summed E-state index contributed by atoms with van der Waals surface area (Å²) in [6.45, 7) is 2.07. The van der Waals surface area contributed by atoms with Crippen molar-refractivity contribution in [1.82, 2.24) is 4.90 Å². The molecule has 0 saturated carbocycles. The molecule has 0 aliphatic heterocycles. The van der Waals surface area contributed by atoms with E-state index >= 15 is 0 Å². The molecule has 0 aromatic carbocycles. The molecule has 2 atom stereocenters. The van der Waals surface area contributed by atoms with Crippen LogP contribution in [0.1, 0.15) is 19.8 Å². The van der Waals surface area contributed by atoms with Gasteiger partial charge < -0.3 is 10.6 Å². The van der Waals surface area contributed by atoms with Crippen LogP contribution in [0.5, 0.6) is 0 Å². The zero-order chi connectivity index (χ0) is 11.8. The number of carbonyl (C=O) groups is 1. The molecule has 0 spiro atoms. The van der Waals surface area contributed by atoms with E-state index in [0.29, 0.717) is 6.42 Å². The summed E-state index contributed by atoms with van der Waals surface area (Å²) < 4.78 is 0. The zero-order valence-corrected chi connectivity index (χ0v) is 10.5. The second-order valence-electron chi connectivity index (χ2n) is 3.48. The molecule has 3 nitrogen and oxygen atoms in total. The number of thioether (sulfide) groups is 1. The highest BCUT2D eigenvalue weighted by molar-refractivity contribution is 7.98. The number of carbonyl (C=O) groups excluding carboxylic acids is 1. The van der Waals surface area contributed by atoms with Crippen LogP contribution in [0.4, 0.5) is 0 Å². The van der Waals surface area contributed by atoms with E-state index in [1.165, 1.54) is 0 Å². The van der Waals surface area contributed by atoms with Crippen LogP contribution in [0, 0.1) is 12.3 Å². The van der Waals surface area contributed by atoms with Gasteiger partial charge in [0.25, 0.3) is 0 Å². The molecule has 0 rings (SSSR count). The van der Waals surface area contributed by atoms with Crippen LogP contribution < -0.4 is 5.73 Å². The van der Waals surface area contributed by atoms with Gasteiger partial charge >= 0.3 is 0 Å². The lowest BCUT2D eigenvalue weighted by Gasteiger charge is -2.28. The number of hydrogen-bond acceptors (Lipinski definition) is 3. The molecule has 0 bridgehead atoms. The van der Waals surface area contributed by atoms with Crippen molar-refractivity contribution in [3.8, 4) is 12.3 Å². The molecule has 15 heavy (non-hydrogen) atoms. The molecule has 2 unspecified atom stereocenters. The van der Waals surface area contributed by atoms with Gasteiger partial charge in [-0.1, -0.05) is 6.92 Å². The lowest BCUT2D eigenvalue weighted by Crippen LogP contribution is -2.47. The van der Waals surface area contributed by atoms with Gasteiger partial charge in [0.15, 0.2) is 0 Å². The van der Waals surface area contributed by atoms with Crippen LogP contribution in [-0.4, -0.2) is 41.9 Å². The number of rotatable bonds is 6. The molecule has 0 radical (unpaired) electrons. The smallest absolute Gasteiger partial charge is 0.240 e. The average molecular weight is 228 g/mol. The number of hydrogen-bond donors (Lipinski definition) is 1. The van der Waals surface area contributed by atoms with E-state index in [0.717, 1.165) is 12.2 Å². The van der Waals surface area contributed by atoms with E-state index in [9.17, 15) is 4.79 Å². The Kier molecular flexibility index (Phi) is 7.27. The van der Waals surface area contributed by atoms with Gasteiger partial charge in [-0.2, -0.15) is 11.8 Å². The van der Waals surface area contributed by atoms with Crippen molar-refractivity contribution in [1.29, 1.82) is 0 Å². The third-order valence-electron chi connectivity index (χ3n) is 2.38. The number of terminal acetylenes is 1. The van der Waals surface area contributed by atoms with Crippen LogP contribution in [-0.2, 0) is 4.79 Å². The van der Waals surface area contributed by atoms with E-state index in [1.807, 2.05) is 6.26 Å². The summed E-state index contributed by atoms with van der Waals surface area (Å²) in [4.78, 5) is 13.5. The third kappa shape index (κ3) is 4.59. The van der Waals surface area contributed by atoms with Crippen LogP contribution >= 0.6 is 11.8 Å². The van der Waals surface area contributed by atoms with Crippen molar-refractivity contribution in [3.05, 3.63) is 0 Å². The van der Waals surface area contributed by atoms with Gasteiger partial charge in [0, 0.05) is 25.3 Å².